The molecule has 0 aromatic rings. The van der Waals surface area contributed by atoms with Crippen molar-refractivity contribution in [3.05, 3.63) is 12.7 Å². The standard InChI is InChI=1S/C10H20O/c1-4-6-8-10(7-5-2)9(3)11/h5,9-11H,2,4,6-8H2,1,3H3/t9-,10-/m0/s1. The van der Waals surface area contributed by atoms with Gasteiger partial charge in [-0.05, 0) is 25.7 Å². The maximum atomic E-state index is 9.32. The minimum atomic E-state index is -0.181. The Morgan fingerprint density at radius 3 is 2.55 bits per heavy atom. The average molecular weight is 156 g/mol. The molecular weight excluding hydrogens is 136 g/mol. The minimum Gasteiger partial charge on any atom is -0.393 e. The fourth-order valence-corrected chi connectivity index (χ4v) is 1.24. The molecule has 11 heavy (non-hydrogen) atoms. The second-order valence-electron chi connectivity index (χ2n) is 3.17. The number of unbranched alkanes of at least 4 members (excludes halogenated alkanes) is 1. The highest BCUT2D eigenvalue weighted by atomic mass is 16.3. The molecule has 0 saturated carbocycles. The summed E-state index contributed by atoms with van der Waals surface area (Å²) < 4.78 is 0. The summed E-state index contributed by atoms with van der Waals surface area (Å²) >= 11 is 0. The summed E-state index contributed by atoms with van der Waals surface area (Å²) in [6.45, 7) is 7.72. The van der Waals surface area contributed by atoms with Crippen molar-refractivity contribution in [2.45, 2.75) is 45.6 Å². The van der Waals surface area contributed by atoms with Crippen LogP contribution >= 0.6 is 0 Å². The summed E-state index contributed by atoms with van der Waals surface area (Å²) in [6.07, 6.45) is 6.20. The Morgan fingerprint density at radius 1 is 1.55 bits per heavy atom. The Bertz CT molecular complexity index is 97.0. The van der Waals surface area contributed by atoms with Gasteiger partial charge in [0.15, 0.2) is 0 Å². The van der Waals surface area contributed by atoms with Gasteiger partial charge in [-0.25, -0.2) is 0 Å². The van der Waals surface area contributed by atoms with E-state index in [1.165, 1.54) is 12.8 Å². The molecule has 0 aliphatic rings. The molecule has 0 aromatic carbocycles. The van der Waals surface area contributed by atoms with E-state index in [1.807, 2.05) is 13.0 Å². The predicted octanol–water partition coefficient (Wildman–Crippen LogP) is 2.75. The largest absolute Gasteiger partial charge is 0.393 e. The Morgan fingerprint density at radius 2 is 2.18 bits per heavy atom. The van der Waals surface area contributed by atoms with Crippen molar-refractivity contribution in [2.24, 2.45) is 5.92 Å². The summed E-state index contributed by atoms with van der Waals surface area (Å²) in [6, 6.07) is 0. The predicted molar refractivity (Wildman–Crippen MR) is 49.5 cm³/mol. The molecule has 1 heteroatoms. The minimum absolute atomic E-state index is 0.181. The maximum Gasteiger partial charge on any atom is 0.0543 e. The first-order valence-corrected chi connectivity index (χ1v) is 4.51. The molecule has 0 amide bonds. The van der Waals surface area contributed by atoms with E-state index in [-0.39, 0.29) is 6.10 Å². The molecule has 2 atom stereocenters. The Balaban J connectivity index is 3.59. The van der Waals surface area contributed by atoms with Gasteiger partial charge < -0.3 is 5.11 Å². The van der Waals surface area contributed by atoms with Crippen LogP contribution in [0, 0.1) is 5.92 Å². The third kappa shape index (κ3) is 5.02. The SMILES string of the molecule is C=CC[C@@H](CCCC)[C@H](C)O. The van der Waals surface area contributed by atoms with Gasteiger partial charge in [0.1, 0.15) is 0 Å². The number of aliphatic hydroxyl groups excluding tert-OH is 1. The molecule has 0 fully saturated rings. The first-order valence-electron chi connectivity index (χ1n) is 4.51. The van der Waals surface area contributed by atoms with Gasteiger partial charge in [0, 0.05) is 0 Å². The van der Waals surface area contributed by atoms with E-state index < -0.39 is 0 Å². The lowest BCUT2D eigenvalue weighted by Gasteiger charge is -2.17. The molecule has 0 spiro atoms. The Hall–Kier alpha value is -0.300. The van der Waals surface area contributed by atoms with Gasteiger partial charge >= 0.3 is 0 Å². The molecule has 1 nitrogen and oxygen atoms in total. The zero-order valence-electron chi connectivity index (χ0n) is 7.71. The van der Waals surface area contributed by atoms with E-state index in [2.05, 4.69) is 13.5 Å². The van der Waals surface area contributed by atoms with Crippen LogP contribution in [0.3, 0.4) is 0 Å². The zero-order valence-corrected chi connectivity index (χ0v) is 7.71. The van der Waals surface area contributed by atoms with Crippen molar-refractivity contribution in [1.29, 1.82) is 0 Å². The molecule has 0 aliphatic heterocycles. The lowest BCUT2D eigenvalue weighted by molar-refractivity contribution is 0.120. The van der Waals surface area contributed by atoms with Gasteiger partial charge in [0.2, 0.25) is 0 Å². The summed E-state index contributed by atoms with van der Waals surface area (Å²) in [5.74, 6) is 0.424. The molecule has 66 valence electrons. The van der Waals surface area contributed by atoms with Crippen LogP contribution in [0.1, 0.15) is 39.5 Å². The molecule has 0 unspecified atom stereocenters. The summed E-state index contributed by atoms with van der Waals surface area (Å²) in [5, 5.41) is 9.32. The third-order valence-electron chi connectivity index (χ3n) is 2.08. The summed E-state index contributed by atoms with van der Waals surface area (Å²) in [7, 11) is 0. The van der Waals surface area contributed by atoms with Crippen LogP contribution in [0.4, 0.5) is 0 Å². The number of aliphatic hydroxyl groups is 1. The lowest BCUT2D eigenvalue weighted by atomic mass is 9.94. The highest BCUT2D eigenvalue weighted by molar-refractivity contribution is 4.76. The average Bonchev–Trinajstić information content (AvgIpc) is 1.97. The highest BCUT2D eigenvalue weighted by Gasteiger charge is 2.11. The maximum absolute atomic E-state index is 9.32. The van der Waals surface area contributed by atoms with E-state index in [4.69, 9.17) is 0 Å². The second kappa shape index (κ2) is 6.41. The van der Waals surface area contributed by atoms with E-state index in [0.717, 1.165) is 12.8 Å². The number of allylic oxidation sites excluding steroid dienone is 1. The van der Waals surface area contributed by atoms with Crippen molar-refractivity contribution < 1.29 is 5.11 Å². The van der Waals surface area contributed by atoms with E-state index >= 15 is 0 Å². The first-order chi connectivity index (χ1) is 5.22. The van der Waals surface area contributed by atoms with Crippen LogP contribution in [0.25, 0.3) is 0 Å². The quantitative estimate of drug-likeness (QED) is 0.586. The molecule has 0 aromatic heterocycles. The van der Waals surface area contributed by atoms with Crippen LogP contribution in [0.5, 0.6) is 0 Å². The van der Waals surface area contributed by atoms with E-state index in [9.17, 15) is 5.11 Å². The van der Waals surface area contributed by atoms with Crippen LogP contribution < -0.4 is 0 Å². The topological polar surface area (TPSA) is 20.2 Å². The van der Waals surface area contributed by atoms with E-state index in [0.29, 0.717) is 5.92 Å². The van der Waals surface area contributed by atoms with Gasteiger partial charge in [-0.2, -0.15) is 0 Å². The van der Waals surface area contributed by atoms with Gasteiger partial charge in [0.05, 0.1) is 6.10 Å². The summed E-state index contributed by atoms with van der Waals surface area (Å²) in [4.78, 5) is 0. The molecule has 1 N–H and O–H groups in total. The fraction of sp³-hybridized carbons (Fsp3) is 0.800. The molecule has 0 radical (unpaired) electrons. The molecule has 0 bridgehead atoms. The zero-order chi connectivity index (χ0) is 8.69. The van der Waals surface area contributed by atoms with Crippen LogP contribution in [0.2, 0.25) is 0 Å². The third-order valence-corrected chi connectivity index (χ3v) is 2.08. The van der Waals surface area contributed by atoms with E-state index in [1.54, 1.807) is 0 Å². The van der Waals surface area contributed by atoms with Gasteiger partial charge in [0.25, 0.3) is 0 Å². The molecular formula is C10H20O. The van der Waals surface area contributed by atoms with Crippen LogP contribution in [-0.2, 0) is 0 Å². The second-order valence-corrected chi connectivity index (χ2v) is 3.17. The van der Waals surface area contributed by atoms with Crippen molar-refractivity contribution in [2.75, 3.05) is 0 Å². The van der Waals surface area contributed by atoms with Crippen molar-refractivity contribution in [1.82, 2.24) is 0 Å². The number of hydrogen-bond acceptors (Lipinski definition) is 1. The van der Waals surface area contributed by atoms with Gasteiger partial charge in [-0.15, -0.1) is 6.58 Å². The highest BCUT2D eigenvalue weighted by Crippen LogP contribution is 2.16. The van der Waals surface area contributed by atoms with Crippen molar-refractivity contribution >= 4 is 0 Å². The van der Waals surface area contributed by atoms with Crippen LogP contribution in [0.15, 0.2) is 12.7 Å². The van der Waals surface area contributed by atoms with Crippen LogP contribution in [-0.4, -0.2) is 11.2 Å². The molecule has 0 saturated heterocycles. The summed E-state index contributed by atoms with van der Waals surface area (Å²) in [5.41, 5.74) is 0. The van der Waals surface area contributed by atoms with Gasteiger partial charge in [-0.3, -0.25) is 0 Å². The lowest BCUT2D eigenvalue weighted by Crippen LogP contribution is -2.15. The monoisotopic (exact) mass is 156 g/mol. The molecule has 0 aliphatic carbocycles. The smallest absolute Gasteiger partial charge is 0.0543 e. The number of rotatable bonds is 6. The van der Waals surface area contributed by atoms with Gasteiger partial charge in [-0.1, -0.05) is 25.8 Å². The van der Waals surface area contributed by atoms with Crippen molar-refractivity contribution in [3.8, 4) is 0 Å². The normalized spacial score (nSPS) is 15.9. The molecule has 0 heterocycles. The molecule has 0 rings (SSSR count). The number of hydrogen-bond donors (Lipinski definition) is 1. The Labute approximate surface area is 70.1 Å². The van der Waals surface area contributed by atoms with Crippen molar-refractivity contribution in [3.63, 3.8) is 0 Å². The first kappa shape index (κ1) is 10.7. The Kier molecular flexibility index (Phi) is 6.24. The fourth-order valence-electron chi connectivity index (χ4n) is 1.24.